The van der Waals surface area contributed by atoms with Crippen molar-refractivity contribution in [2.24, 2.45) is 0 Å². The summed E-state index contributed by atoms with van der Waals surface area (Å²) in [5.41, 5.74) is 2.72. The van der Waals surface area contributed by atoms with E-state index in [0.29, 0.717) is 0 Å². The van der Waals surface area contributed by atoms with E-state index < -0.39 is 0 Å². The van der Waals surface area contributed by atoms with Crippen molar-refractivity contribution in [1.29, 1.82) is 0 Å². The normalized spacial score (nSPS) is 11.6. The maximum Gasteiger partial charge on any atom is 0.326 e. The van der Waals surface area contributed by atoms with E-state index in [1.807, 2.05) is 22.7 Å². The van der Waals surface area contributed by atoms with E-state index in [0.717, 1.165) is 0 Å². The molecule has 0 atom stereocenters. The molecule has 0 N–H and O–H groups in total. The average molecular weight is 220 g/mol. The molecule has 0 bridgehead atoms. The lowest BCUT2D eigenvalue weighted by Gasteiger charge is -1.83. The third-order valence-corrected chi connectivity index (χ3v) is 4.95. The van der Waals surface area contributed by atoms with E-state index in [-0.39, 0.29) is 0 Å². The SMILES string of the molecule is Cc1sc2sc3ccccc3[n+]2c1C. The lowest BCUT2D eigenvalue weighted by atomic mass is 10.3. The van der Waals surface area contributed by atoms with Crippen molar-refractivity contribution >= 4 is 37.0 Å². The van der Waals surface area contributed by atoms with Gasteiger partial charge in [-0.2, -0.15) is 0 Å². The Bertz CT molecular complexity index is 619. The lowest BCUT2D eigenvalue weighted by molar-refractivity contribution is -0.481. The second kappa shape index (κ2) is 2.78. The largest absolute Gasteiger partial charge is 0.326 e. The molecule has 0 amide bonds. The molecule has 1 aromatic carbocycles. The van der Waals surface area contributed by atoms with Gasteiger partial charge in [-0.05, 0) is 13.0 Å². The van der Waals surface area contributed by atoms with Crippen LogP contribution >= 0.6 is 22.7 Å². The number of hydrogen-bond donors (Lipinski definition) is 0. The summed E-state index contributed by atoms with van der Waals surface area (Å²) < 4.78 is 5.13. The number of benzene rings is 1. The van der Waals surface area contributed by atoms with Crippen molar-refractivity contribution in [3.05, 3.63) is 34.8 Å². The predicted molar refractivity (Wildman–Crippen MR) is 62.3 cm³/mol. The second-order valence-corrected chi connectivity index (χ2v) is 5.91. The van der Waals surface area contributed by atoms with Crippen LogP contribution in [0, 0.1) is 13.8 Å². The summed E-state index contributed by atoms with van der Waals surface area (Å²) in [6.07, 6.45) is 0. The summed E-state index contributed by atoms with van der Waals surface area (Å²) in [5.74, 6) is 0. The van der Waals surface area contributed by atoms with Crippen LogP contribution in [0.15, 0.2) is 24.3 Å². The van der Waals surface area contributed by atoms with Crippen molar-refractivity contribution in [1.82, 2.24) is 0 Å². The van der Waals surface area contributed by atoms with Gasteiger partial charge in [0.15, 0.2) is 5.69 Å². The van der Waals surface area contributed by atoms with Crippen LogP contribution in [0.5, 0.6) is 0 Å². The van der Waals surface area contributed by atoms with Crippen molar-refractivity contribution in [2.75, 3.05) is 0 Å². The minimum absolute atomic E-state index is 1.34. The van der Waals surface area contributed by atoms with Crippen LogP contribution in [0.2, 0.25) is 0 Å². The number of rotatable bonds is 0. The van der Waals surface area contributed by atoms with Gasteiger partial charge in [0.2, 0.25) is 5.52 Å². The molecule has 1 nitrogen and oxygen atoms in total. The Morgan fingerprint density at radius 1 is 1.07 bits per heavy atom. The van der Waals surface area contributed by atoms with Gasteiger partial charge in [0.25, 0.3) is 0 Å². The molecule has 0 aliphatic carbocycles. The summed E-state index contributed by atoms with van der Waals surface area (Å²) in [7, 11) is 0. The number of hydrogen-bond acceptors (Lipinski definition) is 2. The van der Waals surface area contributed by atoms with E-state index >= 15 is 0 Å². The first-order chi connectivity index (χ1) is 6.77. The minimum atomic E-state index is 1.34. The highest BCUT2D eigenvalue weighted by Gasteiger charge is 2.20. The number of aromatic nitrogens is 1. The summed E-state index contributed by atoms with van der Waals surface area (Å²) in [4.78, 5) is 1.42. The third kappa shape index (κ3) is 0.967. The smallest absolute Gasteiger partial charge is 0.137 e. The van der Waals surface area contributed by atoms with Crippen LogP contribution in [0.4, 0.5) is 0 Å². The van der Waals surface area contributed by atoms with Crippen LogP contribution in [-0.2, 0) is 0 Å². The highest BCUT2D eigenvalue weighted by atomic mass is 32.2. The fourth-order valence-electron chi connectivity index (χ4n) is 1.71. The molecular weight excluding hydrogens is 210 g/mol. The Labute approximate surface area is 90.3 Å². The number of aryl methyl sites for hydroxylation is 2. The van der Waals surface area contributed by atoms with E-state index in [9.17, 15) is 0 Å². The third-order valence-electron chi connectivity index (χ3n) is 2.57. The van der Waals surface area contributed by atoms with Crippen molar-refractivity contribution < 1.29 is 4.40 Å². The Balaban J connectivity index is 2.62. The molecule has 0 aliphatic heterocycles. The van der Waals surface area contributed by atoms with Crippen LogP contribution in [-0.4, -0.2) is 0 Å². The monoisotopic (exact) mass is 220 g/mol. The molecule has 0 saturated heterocycles. The van der Waals surface area contributed by atoms with E-state index in [1.54, 1.807) is 0 Å². The summed E-state index contributed by atoms with van der Waals surface area (Å²) in [6.45, 7) is 4.38. The highest BCUT2D eigenvalue weighted by molar-refractivity contribution is 7.38. The second-order valence-electron chi connectivity index (χ2n) is 3.41. The van der Waals surface area contributed by atoms with Crippen LogP contribution in [0.25, 0.3) is 14.4 Å². The Morgan fingerprint density at radius 2 is 1.86 bits per heavy atom. The molecule has 2 aromatic heterocycles. The van der Waals surface area contributed by atoms with Gasteiger partial charge in [-0.3, -0.25) is 0 Å². The van der Waals surface area contributed by atoms with Crippen molar-refractivity contribution in [3.8, 4) is 0 Å². The van der Waals surface area contributed by atoms with Gasteiger partial charge in [-0.25, -0.2) is 0 Å². The molecule has 3 heteroatoms. The number of para-hydroxylation sites is 1. The maximum absolute atomic E-state index is 2.36. The zero-order valence-electron chi connectivity index (χ0n) is 8.07. The molecule has 0 aliphatic rings. The van der Waals surface area contributed by atoms with Gasteiger partial charge in [-0.15, -0.1) is 4.40 Å². The van der Waals surface area contributed by atoms with Crippen LogP contribution < -0.4 is 4.40 Å². The summed E-state index contributed by atoms with van der Waals surface area (Å²) in [6, 6.07) is 8.59. The molecule has 2 heterocycles. The molecule has 70 valence electrons. The van der Waals surface area contributed by atoms with Gasteiger partial charge in [-0.1, -0.05) is 34.8 Å². The zero-order valence-corrected chi connectivity index (χ0v) is 9.71. The molecule has 14 heavy (non-hydrogen) atoms. The van der Waals surface area contributed by atoms with Gasteiger partial charge < -0.3 is 0 Å². The van der Waals surface area contributed by atoms with Crippen LogP contribution in [0.1, 0.15) is 10.6 Å². The first kappa shape index (κ1) is 8.38. The molecule has 0 radical (unpaired) electrons. The van der Waals surface area contributed by atoms with Gasteiger partial charge >= 0.3 is 4.14 Å². The van der Waals surface area contributed by atoms with Crippen molar-refractivity contribution in [3.63, 3.8) is 0 Å². The number of nitrogens with zero attached hydrogens (tertiary/aromatic N) is 1. The number of thiazole rings is 2. The van der Waals surface area contributed by atoms with E-state index in [4.69, 9.17) is 0 Å². The molecular formula is C11H10NS2+. The summed E-state index contributed by atoms with van der Waals surface area (Å²) >= 11 is 3.76. The fourth-order valence-corrected chi connectivity index (χ4v) is 4.28. The molecule has 0 spiro atoms. The van der Waals surface area contributed by atoms with Crippen LogP contribution in [0.3, 0.4) is 0 Å². The summed E-state index contributed by atoms with van der Waals surface area (Å²) in [5, 5.41) is 0. The standard InChI is InChI=1S/C11H10NS2/c1-7-8(2)13-11-12(7)9-5-3-4-6-10(9)14-11/h3-6H,1-2H3/q+1. The molecule has 0 fully saturated rings. The maximum atomic E-state index is 2.36. The quantitative estimate of drug-likeness (QED) is 0.512. The van der Waals surface area contributed by atoms with Gasteiger partial charge in [0.05, 0.1) is 4.88 Å². The lowest BCUT2D eigenvalue weighted by Crippen LogP contribution is -2.19. The van der Waals surface area contributed by atoms with Gasteiger partial charge in [0, 0.05) is 13.0 Å². The topological polar surface area (TPSA) is 4.10 Å². The van der Waals surface area contributed by atoms with Gasteiger partial charge in [0.1, 0.15) is 4.70 Å². The fraction of sp³-hybridized carbons (Fsp3) is 0.182. The van der Waals surface area contributed by atoms with E-state index in [1.165, 1.54) is 24.9 Å². The Kier molecular flexibility index (Phi) is 1.66. The molecule has 0 saturated carbocycles. The molecule has 3 aromatic rings. The average Bonchev–Trinajstić information content (AvgIpc) is 2.65. The predicted octanol–water partition coefficient (Wildman–Crippen LogP) is 3.32. The zero-order chi connectivity index (χ0) is 9.71. The van der Waals surface area contributed by atoms with Crippen molar-refractivity contribution in [2.45, 2.75) is 13.8 Å². The molecule has 0 unspecified atom stereocenters. The first-order valence-electron chi connectivity index (χ1n) is 4.56. The Hall–Kier alpha value is -0.930. The minimum Gasteiger partial charge on any atom is -0.137 e. The highest BCUT2D eigenvalue weighted by Crippen LogP contribution is 2.27. The first-order valence-corrected chi connectivity index (χ1v) is 6.20. The van der Waals surface area contributed by atoms with E-state index in [2.05, 4.69) is 42.5 Å². The molecule has 3 rings (SSSR count). The Morgan fingerprint density at radius 3 is 2.71 bits per heavy atom. The number of fused-ring (bicyclic) bond motifs is 3.